The van der Waals surface area contributed by atoms with Gasteiger partial charge in [-0.3, -0.25) is 0 Å². The van der Waals surface area contributed by atoms with E-state index in [1.807, 2.05) is 0 Å². The molecule has 3 N–H and O–H groups in total. The van der Waals surface area contributed by atoms with E-state index in [0.29, 0.717) is 22.4 Å². The first-order valence-corrected chi connectivity index (χ1v) is 8.30. The van der Waals surface area contributed by atoms with Crippen molar-refractivity contribution in [2.45, 2.75) is 51.0 Å². The number of hydrogen-bond acceptors (Lipinski definition) is 6. The molecule has 0 aromatic carbocycles. The molecule has 1 fully saturated rings. The Hall–Kier alpha value is -1.43. The number of nitrogen functional groups attached to an aromatic ring is 1. The smallest absolute Gasteiger partial charge is 0.350 e. The molecule has 1 heterocycles. The van der Waals surface area contributed by atoms with Gasteiger partial charge in [0.25, 0.3) is 0 Å². The molecule has 0 bridgehead atoms. The second-order valence-corrected chi connectivity index (χ2v) is 6.41. The van der Waals surface area contributed by atoms with Crippen LogP contribution in [0.3, 0.4) is 0 Å². The van der Waals surface area contributed by atoms with E-state index >= 15 is 0 Å². The highest BCUT2D eigenvalue weighted by atomic mass is 32.1. The molecule has 0 unspecified atom stereocenters. The van der Waals surface area contributed by atoms with E-state index in [1.165, 1.54) is 50.6 Å². The first-order chi connectivity index (χ1) is 10.2. The van der Waals surface area contributed by atoms with Gasteiger partial charge in [-0.1, -0.05) is 32.1 Å². The molecule has 2 rings (SSSR count). The molecule has 0 spiro atoms. The van der Waals surface area contributed by atoms with Gasteiger partial charge in [-0.25, -0.2) is 4.79 Å². The maximum atomic E-state index is 11.7. The maximum absolute atomic E-state index is 11.7. The number of hydrogen-bond donors (Lipinski definition) is 2. The zero-order valence-corrected chi connectivity index (χ0v) is 13.6. The van der Waals surface area contributed by atoms with Gasteiger partial charge >= 0.3 is 5.97 Å². The number of carbonyl (C=O) groups excluding carboxylic acids is 1. The number of methoxy groups -OCH3 is 2. The van der Waals surface area contributed by atoms with Crippen molar-refractivity contribution >= 4 is 28.0 Å². The predicted octanol–water partition coefficient (Wildman–Crippen LogP) is 3.65. The van der Waals surface area contributed by atoms with Crippen LogP contribution in [0.15, 0.2) is 0 Å². The van der Waals surface area contributed by atoms with Crippen molar-refractivity contribution in [3.05, 3.63) is 4.88 Å². The number of nitrogens with two attached hydrogens (primary N) is 1. The van der Waals surface area contributed by atoms with Gasteiger partial charge in [-0.2, -0.15) is 0 Å². The third-order valence-electron chi connectivity index (χ3n) is 3.91. The fraction of sp³-hybridized carbons (Fsp3) is 0.667. The number of thiophene rings is 1. The minimum absolute atomic E-state index is 0.364. The average Bonchev–Trinajstić information content (AvgIpc) is 2.76. The number of rotatable bonds is 4. The Morgan fingerprint density at radius 1 is 1.19 bits per heavy atom. The number of nitrogens with one attached hydrogen (secondary N) is 1. The Morgan fingerprint density at radius 2 is 1.81 bits per heavy atom. The summed E-state index contributed by atoms with van der Waals surface area (Å²) in [5.74, 6) is 0.143. The third-order valence-corrected chi connectivity index (χ3v) is 5.01. The summed E-state index contributed by atoms with van der Waals surface area (Å²) in [6.07, 6.45) is 8.72. The van der Waals surface area contributed by atoms with Gasteiger partial charge < -0.3 is 20.5 Å². The van der Waals surface area contributed by atoms with Crippen molar-refractivity contribution in [3.8, 4) is 5.75 Å². The van der Waals surface area contributed by atoms with Crippen LogP contribution < -0.4 is 15.8 Å². The van der Waals surface area contributed by atoms with Crippen LogP contribution >= 0.6 is 11.3 Å². The van der Waals surface area contributed by atoms with E-state index in [2.05, 4.69) is 5.32 Å². The molecule has 1 saturated carbocycles. The monoisotopic (exact) mass is 312 g/mol. The highest BCUT2D eigenvalue weighted by molar-refractivity contribution is 7.19. The van der Waals surface area contributed by atoms with Gasteiger partial charge in [-0.05, 0) is 12.8 Å². The van der Waals surface area contributed by atoms with Crippen LogP contribution in [0.5, 0.6) is 5.75 Å². The average molecular weight is 312 g/mol. The summed E-state index contributed by atoms with van der Waals surface area (Å²) < 4.78 is 10.1. The summed E-state index contributed by atoms with van der Waals surface area (Å²) in [6, 6.07) is 0.419. The number of anilines is 2. The highest BCUT2D eigenvalue weighted by Crippen LogP contribution is 2.43. The fourth-order valence-corrected chi connectivity index (χ4v) is 3.84. The van der Waals surface area contributed by atoms with Crippen LogP contribution in [0.25, 0.3) is 0 Å². The predicted molar refractivity (Wildman–Crippen MR) is 86.4 cm³/mol. The second-order valence-electron chi connectivity index (χ2n) is 5.39. The first-order valence-electron chi connectivity index (χ1n) is 7.48. The summed E-state index contributed by atoms with van der Waals surface area (Å²) in [5, 5.41) is 4.35. The van der Waals surface area contributed by atoms with E-state index in [1.54, 1.807) is 7.11 Å². The molecule has 118 valence electrons. The van der Waals surface area contributed by atoms with E-state index in [4.69, 9.17) is 15.2 Å². The lowest BCUT2D eigenvalue weighted by Gasteiger charge is -2.21. The zero-order valence-electron chi connectivity index (χ0n) is 12.7. The summed E-state index contributed by atoms with van der Waals surface area (Å²) in [5.41, 5.74) is 6.36. The normalized spacial score (nSPS) is 16.9. The topological polar surface area (TPSA) is 73.6 Å². The summed E-state index contributed by atoms with van der Waals surface area (Å²) in [4.78, 5) is 12.1. The maximum Gasteiger partial charge on any atom is 0.350 e. The Bertz CT molecular complexity index is 480. The molecule has 0 aliphatic heterocycles. The minimum atomic E-state index is -0.415. The van der Waals surface area contributed by atoms with E-state index in [9.17, 15) is 4.79 Å². The molecule has 1 aliphatic rings. The van der Waals surface area contributed by atoms with Gasteiger partial charge in [0, 0.05) is 6.04 Å². The number of esters is 1. The van der Waals surface area contributed by atoms with E-state index in [-0.39, 0.29) is 0 Å². The van der Waals surface area contributed by atoms with E-state index < -0.39 is 5.97 Å². The van der Waals surface area contributed by atoms with Gasteiger partial charge in [-0.15, -0.1) is 11.3 Å². The molecule has 0 amide bonds. The quantitative estimate of drug-likeness (QED) is 0.830. The van der Waals surface area contributed by atoms with Crippen LogP contribution in [-0.4, -0.2) is 26.2 Å². The van der Waals surface area contributed by atoms with Crippen LogP contribution in [0, 0.1) is 0 Å². The van der Waals surface area contributed by atoms with Crippen molar-refractivity contribution in [2.75, 3.05) is 25.3 Å². The molecule has 1 aromatic rings. The Morgan fingerprint density at radius 3 is 2.38 bits per heavy atom. The van der Waals surface area contributed by atoms with Crippen molar-refractivity contribution in [1.29, 1.82) is 0 Å². The van der Waals surface area contributed by atoms with Gasteiger partial charge in [0.15, 0.2) is 5.75 Å². The number of ether oxygens (including phenoxy) is 2. The Kier molecular flexibility index (Phi) is 5.73. The van der Waals surface area contributed by atoms with Crippen LogP contribution in [0.2, 0.25) is 0 Å². The van der Waals surface area contributed by atoms with Crippen LogP contribution in [0.1, 0.15) is 54.6 Å². The lowest BCUT2D eigenvalue weighted by Crippen LogP contribution is -2.20. The van der Waals surface area contributed by atoms with Crippen molar-refractivity contribution < 1.29 is 14.3 Å². The second kappa shape index (κ2) is 7.54. The molecule has 0 atom stereocenters. The van der Waals surface area contributed by atoms with Crippen LogP contribution in [-0.2, 0) is 4.74 Å². The van der Waals surface area contributed by atoms with Crippen molar-refractivity contribution in [3.63, 3.8) is 0 Å². The molecule has 5 nitrogen and oxygen atoms in total. The molecule has 1 aromatic heterocycles. The SMILES string of the molecule is COC(=O)c1sc(NC2CCCCCCC2)c(OC)c1N. The van der Waals surface area contributed by atoms with Crippen LogP contribution in [0.4, 0.5) is 10.7 Å². The molecule has 0 radical (unpaired) electrons. The largest absolute Gasteiger partial charge is 0.492 e. The molecular formula is C15H24N2O3S. The molecule has 21 heavy (non-hydrogen) atoms. The molecule has 0 saturated heterocycles. The summed E-state index contributed by atoms with van der Waals surface area (Å²) >= 11 is 1.31. The van der Waals surface area contributed by atoms with Gasteiger partial charge in [0.2, 0.25) is 0 Å². The standard InChI is InChI=1S/C15H24N2O3S/c1-19-12-11(16)13(15(18)20-2)21-14(12)17-10-8-6-4-3-5-7-9-10/h10,17H,3-9,16H2,1-2H3. The summed E-state index contributed by atoms with van der Waals surface area (Å²) in [6.45, 7) is 0. The lowest BCUT2D eigenvalue weighted by molar-refractivity contribution is 0.0607. The van der Waals surface area contributed by atoms with Crippen molar-refractivity contribution in [2.24, 2.45) is 0 Å². The lowest BCUT2D eigenvalue weighted by atomic mass is 9.97. The van der Waals surface area contributed by atoms with Gasteiger partial charge in [0.05, 0.1) is 14.2 Å². The Labute approximate surface area is 129 Å². The van der Waals surface area contributed by atoms with Crippen molar-refractivity contribution in [1.82, 2.24) is 0 Å². The zero-order chi connectivity index (χ0) is 15.2. The minimum Gasteiger partial charge on any atom is -0.492 e. The molecule has 1 aliphatic carbocycles. The highest BCUT2D eigenvalue weighted by Gasteiger charge is 2.24. The third kappa shape index (κ3) is 3.81. The first kappa shape index (κ1) is 15.9. The van der Waals surface area contributed by atoms with E-state index in [0.717, 1.165) is 17.8 Å². The summed E-state index contributed by atoms with van der Waals surface area (Å²) in [7, 11) is 2.93. The fourth-order valence-electron chi connectivity index (χ4n) is 2.76. The molecule has 6 heteroatoms. The molecular weight excluding hydrogens is 288 g/mol. The number of carbonyl (C=O) groups is 1. The van der Waals surface area contributed by atoms with Gasteiger partial charge in [0.1, 0.15) is 15.6 Å². The Balaban J connectivity index is 2.16.